The second-order valence-corrected chi connectivity index (χ2v) is 5.43. The molecule has 0 aliphatic heterocycles. The van der Waals surface area contributed by atoms with Gasteiger partial charge in [-0.05, 0) is 31.4 Å². The van der Waals surface area contributed by atoms with Crippen LogP contribution in [-0.2, 0) is 0 Å². The number of rotatable bonds is 5. The van der Waals surface area contributed by atoms with E-state index in [4.69, 9.17) is 5.73 Å². The number of carbonyl (C=O) groups is 1. The lowest BCUT2D eigenvalue weighted by Crippen LogP contribution is -2.36. The summed E-state index contributed by atoms with van der Waals surface area (Å²) in [6.45, 7) is 6.06. The van der Waals surface area contributed by atoms with Crippen LogP contribution in [-0.4, -0.2) is 28.8 Å². The summed E-state index contributed by atoms with van der Waals surface area (Å²) in [4.78, 5) is 24.4. The zero-order valence-electron chi connectivity index (χ0n) is 12.3. The molecular formula is C14H21N3O3. The number of hydrogen-bond donors (Lipinski definition) is 1. The van der Waals surface area contributed by atoms with E-state index in [1.807, 2.05) is 6.92 Å². The van der Waals surface area contributed by atoms with Gasteiger partial charge in [-0.2, -0.15) is 0 Å². The first kappa shape index (κ1) is 15.9. The smallest absolute Gasteiger partial charge is 0.282 e. The molecule has 1 atom stereocenters. The van der Waals surface area contributed by atoms with Crippen molar-refractivity contribution < 1.29 is 9.72 Å². The van der Waals surface area contributed by atoms with Crippen LogP contribution in [0.5, 0.6) is 0 Å². The molecule has 1 amide bonds. The Labute approximate surface area is 118 Å². The topological polar surface area (TPSA) is 89.5 Å². The van der Waals surface area contributed by atoms with Gasteiger partial charge in [0.05, 0.1) is 4.92 Å². The summed E-state index contributed by atoms with van der Waals surface area (Å²) in [7, 11) is 1.66. The van der Waals surface area contributed by atoms with Crippen LogP contribution in [0.3, 0.4) is 0 Å². The molecule has 20 heavy (non-hydrogen) atoms. The van der Waals surface area contributed by atoms with Gasteiger partial charge in [0.15, 0.2) is 0 Å². The maximum atomic E-state index is 12.4. The largest absolute Gasteiger partial charge is 0.399 e. The van der Waals surface area contributed by atoms with Crippen LogP contribution in [0, 0.1) is 16.0 Å². The molecule has 0 heterocycles. The second-order valence-electron chi connectivity index (χ2n) is 5.43. The first-order valence-corrected chi connectivity index (χ1v) is 6.55. The lowest BCUT2D eigenvalue weighted by atomic mass is 10.0. The van der Waals surface area contributed by atoms with Gasteiger partial charge in [-0.15, -0.1) is 0 Å². The van der Waals surface area contributed by atoms with Crippen LogP contribution in [0.1, 0.15) is 37.6 Å². The standard InChI is InChI=1S/C14H21N3O3/c1-9(2)7-10(3)16(4)14(18)12-8-11(15)5-6-13(12)17(19)20/h5-6,8-10H,7,15H2,1-4H3. The molecule has 2 N–H and O–H groups in total. The van der Waals surface area contributed by atoms with E-state index >= 15 is 0 Å². The third kappa shape index (κ3) is 3.69. The molecule has 0 aliphatic carbocycles. The fourth-order valence-electron chi connectivity index (χ4n) is 2.11. The van der Waals surface area contributed by atoms with Gasteiger partial charge in [0, 0.05) is 24.8 Å². The van der Waals surface area contributed by atoms with E-state index in [0.717, 1.165) is 6.42 Å². The number of anilines is 1. The summed E-state index contributed by atoms with van der Waals surface area (Å²) < 4.78 is 0. The molecule has 1 aromatic carbocycles. The van der Waals surface area contributed by atoms with Gasteiger partial charge < -0.3 is 10.6 Å². The Kier molecular flexibility index (Phi) is 5.07. The summed E-state index contributed by atoms with van der Waals surface area (Å²) in [6.07, 6.45) is 0.832. The fourth-order valence-corrected chi connectivity index (χ4v) is 2.11. The van der Waals surface area contributed by atoms with Gasteiger partial charge in [0.2, 0.25) is 0 Å². The quantitative estimate of drug-likeness (QED) is 0.509. The second kappa shape index (κ2) is 6.36. The fraction of sp³-hybridized carbons (Fsp3) is 0.500. The first-order chi connectivity index (χ1) is 9.23. The maximum absolute atomic E-state index is 12.4. The lowest BCUT2D eigenvalue weighted by molar-refractivity contribution is -0.385. The Morgan fingerprint density at radius 2 is 2.00 bits per heavy atom. The number of amides is 1. The Balaban J connectivity index is 3.07. The molecule has 0 aromatic heterocycles. The molecule has 0 fully saturated rings. The number of carbonyl (C=O) groups excluding carboxylic acids is 1. The molecule has 6 heteroatoms. The zero-order valence-corrected chi connectivity index (χ0v) is 12.3. The minimum Gasteiger partial charge on any atom is -0.399 e. The molecule has 6 nitrogen and oxygen atoms in total. The van der Waals surface area contributed by atoms with Crippen LogP contribution in [0.15, 0.2) is 18.2 Å². The molecule has 1 unspecified atom stereocenters. The van der Waals surface area contributed by atoms with Crippen molar-refractivity contribution in [1.29, 1.82) is 0 Å². The first-order valence-electron chi connectivity index (χ1n) is 6.55. The summed E-state index contributed by atoms with van der Waals surface area (Å²) >= 11 is 0. The van der Waals surface area contributed by atoms with E-state index in [9.17, 15) is 14.9 Å². The van der Waals surface area contributed by atoms with Crippen LogP contribution in [0.25, 0.3) is 0 Å². The number of nitrogens with zero attached hydrogens (tertiary/aromatic N) is 2. The van der Waals surface area contributed by atoms with Gasteiger partial charge >= 0.3 is 0 Å². The van der Waals surface area contributed by atoms with E-state index in [-0.39, 0.29) is 23.2 Å². The van der Waals surface area contributed by atoms with E-state index in [0.29, 0.717) is 11.6 Å². The monoisotopic (exact) mass is 279 g/mol. The van der Waals surface area contributed by atoms with Crippen molar-refractivity contribution in [2.45, 2.75) is 33.2 Å². The van der Waals surface area contributed by atoms with Crippen LogP contribution < -0.4 is 5.73 Å². The summed E-state index contributed by atoms with van der Waals surface area (Å²) in [6, 6.07) is 4.05. The van der Waals surface area contributed by atoms with Crippen molar-refractivity contribution in [3.8, 4) is 0 Å². The summed E-state index contributed by atoms with van der Waals surface area (Å²) in [5, 5.41) is 11.0. The molecule has 1 aromatic rings. The summed E-state index contributed by atoms with van der Waals surface area (Å²) in [5.41, 5.74) is 5.79. The van der Waals surface area contributed by atoms with Crippen LogP contribution in [0.2, 0.25) is 0 Å². The number of benzene rings is 1. The Morgan fingerprint density at radius 3 is 2.50 bits per heavy atom. The number of nitro benzene ring substituents is 1. The Hall–Kier alpha value is -2.11. The molecule has 0 radical (unpaired) electrons. The number of hydrogen-bond acceptors (Lipinski definition) is 4. The number of nitrogen functional groups attached to an aromatic ring is 1. The highest BCUT2D eigenvalue weighted by atomic mass is 16.6. The molecule has 0 bridgehead atoms. The minimum absolute atomic E-state index is 0.00327. The van der Waals surface area contributed by atoms with Gasteiger partial charge in [-0.25, -0.2) is 0 Å². The highest BCUT2D eigenvalue weighted by Gasteiger charge is 2.25. The predicted molar refractivity (Wildman–Crippen MR) is 78.5 cm³/mol. The van der Waals surface area contributed by atoms with Crippen molar-refractivity contribution in [3.05, 3.63) is 33.9 Å². The minimum atomic E-state index is -0.562. The average Bonchev–Trinajstić information content (AvgIpc) is 2.35. The molecule has 0 saturated carbocycles. The van der Waals surface area contributed by atoms with Crippen molar-refractivity contribution in [2.24, 2.45) is 5.92 Å². The van der Waals surface area contributed by atoms with Crippen LogP contribution >= 0.6 is 0 Å². The molecular weight excluding hydrogens is 258 g/mol. The lowest BCUT2D eigenvalue weighted by Gasteiger charge is -2.26. The van der Waals surface area contributed by atoms with Gasteiger partial charge in [-0.1, -0.05) is 13.8 Å². The number of nitrogens with two attached hydrogens (primary N) is 1. The average molecular weight is 279 g/mol. The van der Waals surface area contributed by atoms with E-state index in [1.165, 1.54) is 23.1 Å². The highest BCUT2D eigenvalue weighted by molar-refractivity contribution is 5.99. The van der Waals surface area contributed by atoms with Gasteiger partial charge in [0.25, 0.3) is 11.6 Å². The predicted octanol–water partition coefficient (Wildman–Crippen LogP) is 2.68. The van der Waals surface area contributed by atoms with Crippen molar-refractivity contribution in [2.75, 3.05) is 12.8 Å². The third-order valence-electron chi connectivity index (χ3n) is 3.24. The van der Waals surface area contributed by atoms with E-state index in [1.54, 1.807) is 7.05 Å². The summed E-state index contributed by atoms with van der Waals surface area (Å²) in [5.74, 6) is 0.0632. The Morgan fingerprint density at radius 1 is 1.40 bits per heavy atom. The van der Waals surface area contributed by atoms with E-state index < -0.39 is 4.92 Å². The normalized spacial score (nSPS) is 12.2. The highest BCUT2D eigenvalue weighted by Crippen LogP contribution is 2.24. The van der Waals surface area contributed by atoms with Crippen molar-refractivity contribution in [3.63, 3.8) is 0 Å². The van der Waals surface area contributed by atoms with Crippen LogP contribution in [0.4, 0.5) is 11.4 Å². The molecule has 110 valence electrons. The molecule has 1 rings (SSSR count). The SMILES string of the molecule is CC(C)CC(C)N(C)C(=O)c1cc(N)ccc1[N+](=O)[O-]. The molecule has 0 aliphatic rings. The third-order valence-corrected chi connectivity index (χ3v) is 3.24. The van der Waals surface area contributed by atoms with Gasteiger partial charge in [0.1, 0.15) is 5.56 Å². The maximum Gasteiger partial charge on any atom is 0.282 e. The molecule has 0 saturated heterocycles. The van der Waals surface area contributed by atoms with Crippen molar-refractivity contribution in [1.82, 2.24) is 4.90 Å². The van der Waals surface area contributed by atoms with E-state index in [2.05, 4.69) is 13.8 Å². The number of nitro groups is 1. The Bertz CT molecular complexity index is 514. The zero-order chi connectivity index (χ0) is 15.4. The van der Waals surface area contributed by atoms with Crippen molar-refractivity contribution >= 4 is 17.3 Å². The van der Waals surface area contributed by atoms with Gasteiger partial charge in [-0.3, -0.25) is 14.9 Å². The molecule has 0 spiro atoms.